The van der Waals surface area contributed by atoms with Crippen molar-refractivity contribution in [3.8, 4) is 17.1 Å². The van der Waals surface area contributed by atoms with Crippen LogP contribution in [0.4, 0.5) is 0 Å². The van der Waals surface area contributed by atoms with Gasteiger partial charge in [0, 0.05) is 16.5 Å². The molecule has 7 rings (SSSR count). The number of allylic oxidation sites excluding steroid dienone is 4. The fourth-order valence-corrected chi connectivity index (χ4v) is 6.03. The van der Waals surface area contributed by atoms with Crippen LogP contribution >= 0.6 is 0 Å². The molecule has 0 atom stereocenters. The largest absolute Gasteiger partial charge is 0.340 e. The maximum atomic E-state index is 14.3. The summed E-state index contributed by atoms with van der Waals surface area (Å²) in [6.45, 7) is 3.97. The second kappa shape index (κ2) is 10.6. The number of benzene rings is 5. The molecule has 0 saturated carbocycles. The van der Waals surface area contributed by atoms with Gasteiger partial charge in [-0.2, -0.15) is 0 Å². The molecular weight excluding hydrogens is 530 g/mol. The van der Waals surface area contributed by atoms with Gasteiger partial charge in [-0.05, 0) is 85.6 Å². The second-order valence-corrected chi connectivity index (χ2v) is 10.5. The number of para-hydroxylation sites is 3. The Morgan fingerprint density at radius 1 is 0.535 bits per heavy atom. The molecule has 0 fully saturated rings. The zero-order valence-electron chi connectivity index (χ0n) is 23.9. The lowest BCUT2D eigenvalue weighted by molar-refractivity contribution is 0.835. The maximum absolute atomic E-state index is 14.3. The number of rotatable bonds is 5. The summed E-state index contributed by atoms with van der Waals surface area (Å²) in [5, 5.41) is 2.59. The van der Waals surface area contributed by atoms with E-state index in [1.165, 1.54) is 4.57 Å². The van der Waals surface area contributed by atoms with Gasteiger partial charge in [0.1, 0.15) is 0 Å². The third-order valence-electron chi connectivity index (χ3n) is 8.01. The van der Waals surface area contributed by atoms with Gasteiger partial charge in [-0.1, -0.05) is 78.9 Å². The molecule has 2 aromatic heterocycles. The monoisotopic (exact) mass is 559 g/mol. The molecule has 0 spiro atoms. The van der Waals surface area contributed by atoms with Crippen LogP contribution in [0.1, 0.15) is 19.4 Å². The van der Waals surface area contributed by atoms with Gasteiger partial charge < -0.3 is 4.57 Å². The van der Waals surface area contributed by atoms with Crippen LogP contribution in [0.2, 0.25) is 0 Å². The highest BCUT2D eigenvalue weighted by Gasteiger charge is 2.18. The highest BCUT2D eigenvalue weighted by atomic mass is 16.2. The summed E-state index contributed by atoms with van der Waals surface area (Å²) in [7, 11) is 0. The van der Waals surface area contributed by atoms with Gasteiger partial charge in [0.25, 0.3) is 5.56 Å². The van der Waals surface area contributed by atoms with Gasteiger partial charge in [0.15, 0.2) is 0 Å². The average molecular weight is 560 g/mol. The van der Waals surface area contributed by atoms with Crippen molar-refractivity contribution in [2.24, 2.45) is 0 Å². The Bertz CT molecular complexity index is 2330. The van der Waals surface area contributed by atoms with Crippen molar-refractivity contribution in [1.29, 1.82) is 0 Å². The van der Waals surface area contributed by atoms with Gasteiger partial charge in [0.2, 0.25) is 0 Å². The quantitative estimate of drug-likeness (QED) is 0.200. The van der Waals surface area contributed by atoms with E-state index in [1.54, 1.807) is 10.6 Å². The van der Waals surface area contributed by atoms with E-state index in [0.29, 0.717) is 22.3 Å². The van der Waals surface area contributed by atoms with Crippen molar-refractivity contribution in [3.63, 3.8) is 0 Å². The average Bonchev–Trinajstić information content (AvgIpc) is 3.38. The summed E-state index contributed by atoms with van der Waals surface area (Å²) in [5.41, 5.74) is 6.31. The van der Waals surface area contributed by atoms with E-state index in [1.807, 2.05) is 111 Å². The summed E-state index contributed by atoms with van der Waals surface area (Å²) < 4.78 is 5.16. The minimum Gasteiger partial charge on any atom is -0.309 e. The molecule has 43 heavy (non-hydrogen) atoms. The Hall–Kier alpha value is -5.68. The smallest absolute Gasteiger partial charge is 0.309 e. The standard InChI is InChI=1S/C38H29N3O2/c1-3-12-26(4-2)27-19-21-29(22-20-27)41-37(42)32-16-9-11-18-35(32)40(38(41)43)30-23-24-36-33(25-30)31-15-8-10-17-34(31)39(36)28-13-6-5-7-14-28/h3-25H,1-2H3/b12-3-,26-4+. The van der Waals surface area contributed by atoms with Crippen LogP contribution in [0.25, 0.3) is 55.3 Å². The molecule has 5 heteroatoms. The Balaban J connectivity index is 1.49. The van der Waals surface area contributed by atoms with Gasteiger partial charge >= 0.3 is 5.69 Å². The zero-order chi connectivity index (χ0) is 29.5. The van der Waals surface area contributed by atoms with Gasteiger partial charge in [-0.25, -0.2) is 9.36 Å². The van der Waals surface area contributed by atoms with Gasteiger partial charge in [0.05, 0.1) is 33.3 Å². The molecule has 0 aliphatic heterocycles. The maximum Gasteiger partial charge on any atom is 0.340 e. The zero-order valence-corrected chi connectivity index (χ0v) is 23.9. The van der Waals surface area contributed by atoms with Crippen LogP contribution < -0.4 is 11.2 Å². The summed E-state index contributed by atoms with van der Waals surface area (Å²) in [6.07, 6.45) is 6.06. The van der Waals surface area contributed by atoms with E-state index in [2.05, 4.69) is 41.0 Å². The lowest BCUT2D eigenvalue weighted by atomic mass is 10.0. The van der Waals surface area contributed by atoms with Gasteiger partial charge in [-0.15, -0.1) is 0 Å². The normalized spacial score (nSPS) is 12.2. The predicted molar refractivity (Wildman–Crippen MR) is 178 cm³/mol. The van der Waals surface area contributed by atoms with Crippen LogP contribution in [0.15, 0.2) is 149 Å². The number of fused-ring (bicyclic) bond motifs is 4. The molecule has 0 radical (unpaired) electrons. The number of hydrogen-bond acceptors (Lipinski definition) is 2. The minimum atomic E-state index is -0.415. The Kier molecular flexibility index (Phi) is 6.48. The molecule has 0 N–H and O–H groups in total. The summed E-state index contributed by atoms with van der Waals surface area (Å²) in [5.74, 6) is 0. The molecular formula is C38H29N3O2. The molecule has 0 saturated heterocycles. The van der Waals surface area contributed by atoms with Crippen LogP contribution in [0.5, 0.6) is 0 Å². The molecule has 0 aliphatic rings. The lowest BCUT2D eigenvalue weighted by Gasteiger charge is -2.15. The van der Waals surface area contributed by atoms with Crippen LogP contribution in [0, 0.1) is 0 Å². The third-order valence-corrected chi connectivity index (χ3v) is 8.01. The van der Waals surface area contributed by atoms with Crippen molar-refractivity contribution in [2.75, 3.05) is 0 Å². The van der Waals surface area contributed by atoms with Crippen molar-refractivity contribution >= 4 is 38.3 Å². The van der Waals surface area contributed by atoms with Crippen molar-refractivity contribution in [1.82, 2.24) is 13.7 Å². The number of aromatic nitrogens is 3. The Labute approximate surface area is 248 Å². The molecule has 7 aromatic rings. The predicted octanol–water partition coefficient (Wildman–Crippen LogP) is 8.22. The molecule has 5 nitrogen and oxygen atoms in total. The van der Waals surface area contributed by atoms with Crippen LogP contribution in [-0.2, 0) is 0 Å². The first-order chi connectivity index (χ1) is 21.1. The number of hydrogen-bond donors (Lipinski definition) is 0. The lowest BCUT2D eigenvalue weighted by Crippen LogP contribution is -2.38. The molecule has 0 amide bonds. The highest BCUT2D eigenvalue weighted by molar-refractivity contribution is 6.10. The Morgan fingerprint density at radius 3 is 1.81 bits per heavy atom. The van der Waals surface area contributed by atoms with Crippen molar-refractivity contribution in [2.45, 2.75) is 13.8 Å². The first kappa shape index (κ1) is 26.2. The second-order valence-electron chi connectivity index (χ2n) is 10.5. The first-order valence-corrected chi connectivity index (χ1v) is 14.4. The minimum absolute atomic E-state index is 0.342. The van der Waals surface area contributed by atoms with Crippen LogP contribution in [0.3, 0.4) is 0 Å². The molecule has 208 valence electrons. The third kappa shape index (κ3) is 4.25. The fraction of sp³-hybridized carbons (Fsp3) is 0.0526. The summed E-state index contributed by atoms with van der Waals surface area (Å²) in [4.78, 5) is 28.1. The fourth-order valence-electron chi connectivity index (χ4n) is 6.03. The van der Waals surface area contributed by atoms with Crippen molar-refractivity contribution in [3.05, 3.63) is 166 Å². The molecule has 0 aliphatic carbocycles. The summed E-state index contributed by atoms with van der Waals surface area (Å²) >= 11 is 0. The number of nitrogens with zero attached hydrogens (tertiary/aromatic N) is 3. The van der Waals surface area contributed by atoms with Crippen molar-refractivity contribution < 1.29 is 0 Å². The van der Waals surface area contributed by atoms with E-state index in [-0.39, 0.29) is 5.56 Å². The van der Waals surface area contributed by atoms with E-state index in [4.69, 9.17) is 0 Å². The van der Waals surface area contributed by atoms with E-state index < -0.39 is 5.69 Å². The molecule has 5 aromatic carbocycles. The molecule has 0 bridgehead atoms. The first-order valence-electron chi connectivity index (χ1n) is 14.4. The van der Waals surface area contributed by atoms with E-state index in [9.17, 15) is 9.59 Å². The van der Waals surface area contributed by atoms with E-state index >= 15 is 0 Å². The Morgan fingerprint density at radius 2 is 1.12 bits per heavy atom. The SMILES string of the molecule is C/C=C\C(=C/C)c1ccc(-n2c(=O)c3ccccc3n(-c3ccc4c(c3)c3ccccc3n4-c3ccccc3)c2=O)cc1. The topological polar surface area (TPSA) is 48.9 Å². The highest BCUT2D eigenvalue weighted by Crippen LogP contribution is 2.33. The van der Waals surface area contributed by atoms with Gasteiger partial charge in [-0.3, -0.25) is 9.36 Å². The van der Waals surface area contributed by atoms with Crippen LogP contribution in [-0.4, -0.2) is 13.7 Å². The molecule has 0 unspecified atom stereocenters. The van der Waals surface area contributed by atoms with E-state index in [0.717, 1.165) is 38.6 Å². The molecule has 2 heterocycles. The summed E-state index contributed by atoms with van der Waals surface area (Å²) in [6, 6.07) is 39.5.